The third-order valence-electron chi connectivity index (χ3n) is 14.9. The molecule has 4 saturated carbocycles. The number of rotatable bonds is 4. The second-order valence-corrected chi connectivity index (χ2v) is 16.6. The van der Waals surface area contributed by atoms with E-state index in [9.17, 15) is 5.11 Å². The number of aliphatic hydroxyl groups excluding tert-OH is 1. The molecule has 2 aromatic rings. The lowest BCUT2D eigenvalue weighted by atomic mass is 9.32. The number of nitrogens with zero attached hydrogens (tertiary/aromatic N) is 3. The number of hydrogen-bond donors (Lipinski definition) is 2. The molecule has 2 N–H and O–H groups in total. The summed E-state index contributed by atoms with van der Waals surface area (Å²) in [7, 11) is 0. The monoisotopic (exact) mass is 568 g/mol. The van der Waals surface area contributed by atoms with Crippen molar-refractivity contribution < 1.29 is 5.11 Å². The molecule has 1 aromatic heterocycles. The minimum atomic E-state index is 0.106. The van der Waals surface area contributed by atoms with E-state index in [4.69, 9.17) is 0 Å². The highest BCUT2D eigenvalue weighted by atomic mass is 16.3. The molecule has 0 spiro atoms. The van der Waals surface area contributed by atoms with Crippen molar-refractivity contribution in [1.82, 2.24) is 20.6 Å². The van der Waals surface area contributed by atoms with Gasteiger partial charge >= 0.3 is 0 Å². The minimum Gasteiger partial charge on any atom is -0.396 e. The first-order valence-electron chi connectivity index (χ1n) is 16.7. The highest BCUT2D eigenvalue weighted by molar-refractivity contribution is 5.73. The lowest BCUT2D eigenvalue weighted by molar-refractivity contribution is -0.228. The van der Waals surface area contributed by atoms with Gasteiger partial charge < -0.3 is 5.11 Å². The topological polar surface area (TPSA) is 74.7 Å². The van der Waals surface area contributed by atoms with Crippen LogP contribution in [0.15, 0.2) is 42.5 Å². The summed E-state index contributed by atoms with van der Waals surface area (Å²) in [5, 5.41) is 25.4. The Kier molecular flexibility index (Phi) is 6.35. The number of hydrogen-bond acceptors (Lipinski definition) is 4. The summed E-state index contributed by atoms with van der Waals surface area (Å²) in [6.45, 7) is 20.2. The van der Waals surface area contributed by atoms with Gasteiger partial charge in [0.25, 0.3) is 0 Å². The lowest BCUT2D eigenvalue weighted by Gasteiger charge is -2.72. The smallest absolute Gasteiger partial charge is 0.204 e. The summed E-state index contributed by atoms with van der Waals surface area (Å²) in [6, 6.07) is 8.80. The molecule has 5 nitrogen and oxygen atoms in total. The molecule has 0 aliphatic heterocycles. The van der Waals surface area contributed by atoms with E-state index in [-0.39, 0.29) is 10.8 Å². The summed E-state index contributed by atoms with van der Waals surface area (Å²) in [5.41, 5.74) is 6.39. The number of allylic oxidation sites excluding steroid dienone is 3. The second kappa shape index (κ2) is 9.36. The van der Waals surface area contributed by atoms with E-state index < -0.39 is 0 Å². The first-order chi connectivity index (χ1) is 19.9. The predicted octanol–water partition coefficient (Wildman–Crippen LogP) is 8.51. The summed E-state index contributed by atoms with van der Waals surface area (Å²) in [5.74, 6) is 3.92. The molecule has 0 bridgehead atoms. The number of aliphatic hydroxyl groups is 1. The zero-order chi connectivity index (χ0) is 29.7. The Morgan fingerprint density at radius 3 is 2.31 bits per heavy atom. The Morgan fingerprint density at radius 1 is 0.905 bits per heavy atom. The quantitative estimate of drug-likeness (QED) is 0.363. The van der Waals surface area contributed by atoms with Gasteiger partial charge in [0.1, 0.15) is 0 Å². The van der Waals surface area contributed by atoms with E-state index in [1.807, 2.05) is 0 Å². The van der Waals surface area contributed by atoms with E-state index >= 15 is 0 Å². The molecule has 0 saturated heterocycles. The molecule has 0 amide bonds. The van der Waals surface area contributed by atoms with Crippen molar-refractivity contribution in [2.75, 3.05) is 6.61 Å². The molecule has 4 fully saturated rings. The van der Waals surface area contributed by atoms with Gasteiger partial charge in [0.05, 0.1) is 0 Å². The van der Waals surface area contributed by atoms with Gasteiger partial charge in [-0.15, -0.1) is 10.2 Å². The van der Waals surface area contributed by atoms with Gasteiger partial charge in [0.2, 0.25) is 5.82 Å². The number of nitrogens with one attached hydrogen (secondary N) is 1. The molecule has 9 atom stereocenters. The molecule has 5 aliphatic rings. The van der Waals surface area contributed by atoms with Crippen molar-refractivity contribution in [3.05, 3.63) is 48.1 Å². The Morgan fingerprint density at radius 2 is 1.64 bits per heavy atom. The zero-order valence-electron chi connectivity index (χ0n) is 26.8. The molecule has 1 heterocycles. The Bertz CT molecular complexity index is 1390. The van der Waals surface area contributed by atoms with Gasteiger partial charge in [0, 0.05) is 12.2 Å². The normalized spacial score (nSPS) is 43.9. The minimum absolute atomic E-state index is 0.106. The van der Waals surface area contributed by atoms with Crippen molar-refractivity contribution in [3.8, 4) is 11.4 Å². The third-order valence-corrected chi connectivity index (χ3v) is 14.9. The van der Waals surface area contributed by atoms with E-state index in [1.165, 1.54) is 74.5 Å². The van der Waals surface area contributed by atoms with E-state index in [2.05, 4.69) is 99.1 Å². The van der Waals surface area contributed by atoms with Crippen LogP contribution in [0.25, 0.3) is 17.0 Å². The van der Waals surface area contributed by atoms with Crippen LogP contribution in [0, 0.1) is 56.7 Å². The molecule has 0 radical (unpaired) electrons. The molecular formula is C37H52N4O. The Balaban J connectivity index is 1.22. The largest absolute Gasteiger partial charge is 0.396 e. The summed E-state index contributed by atoms with van der Waals surface area (Å²) in [6.07, 6.45) is 14.0. The van der Waals surface area contributed by atoms with Crippen LogP contribution in [0.1, 0.15) is 105 Å². The van der Waals surface area contributed by atoms with Crippen molar-refractivity contribution >= 4 is 5.57 Å². The molecule has 42 heavy (non-hydrogen) atoms. The number of aromatic amines is 1. The van der Waals surface area contributed by atoms with Crippen LogP contribution in [0.5, 0.6) is 0 Å². The van der Waals surface area contributed by atoms with E-state index in [0.29, 0.717) is 52.3 Å². The van der Waals surface area contributed by atoms with Gasteiger partial charge in [-0.3, -0.25) is 0 Å². The van der Waals surface area contributed by atoms with Crippen molar-refractivity contribution in [1.29, 1.82) is 0 Å². The molecular weight excluding hydrogens is 516 g/mol. The van der Waals surface area contributed by atoms with Crippen LogP contribution in [-0.4, -0.2) is 32.3 Å². The Hall–Kier alpha value is -2.27. The molecule has 0 unspecified atom stereocenters. The maximum atomic E-state index is 10.8. The van der Waals surface area contributed by atoms with Crippen LogP contribution in [0.2, 0.25) is 0 Å². The third kappa shape index (κ3) is 3.61. The van der Waals surface area contributed by atoms with E-state index in [1.54, 1.807) is 0 Å². The average Bonchev–Trinajstić information content (AvgIpc) is 3.63. The number of fused-ring (bicyclic) bond motifs is 7. The highest BCUT2D eigenvalue weighted by Gasteiger charge is 2.70. The van der Waals surface area contributed by atoms with Crippen LogP contribution in [0.3, 0.4) is 0 Å². The van der Waals surface area contributed by atoms with Gasteiger partial charge in [-0.05, 0) is 138 Å². The van der Waals surface area contributed by atoms with Crippen LogP contribution in [0.4, 0.5) is 0 Å². The fourth-order valence-electron chi connectivity index (χ4n) is 12.7. The molecule has 7 rings (SSSR count). The summed E-state index contributed by atoms with van der Waals surface area (Å²) < 4.78 is 0. The maximum absolute atomic E-state index is 10.8. The van der Waals surface area contributed by atoms with Crippen LogP contribution < -0.4 is 0 Å². The fourth-order valence-corrected chi connectivity index (χ4v) is 12.7. The summed E-state index contributed by atoms with van der Waals surface area (Å²) in [4.78, 5) is 0. The summed E-state index contributed by atoms with van der Waals surface area (Å²) >= 11 is 0. The number of aromatic nitrogens is 4. The number of benzene rings is 1. The van der Waals surface area contributed by atoms with Gasteiger partial charge in [-0.25, -0.2) is 0 Å². The van der Waals surface area contributed by atoms with Crippen molar-refractivity contribution in [3.63, 3.8) is 0 Å². The predicted molar refractivity (Wildman–Crippen MR) is 169 cm³/mol. The Labute approximate surface area is 253 Å². The van der Waals surface area contributed by atoms with Gasteiger partial charge in [-0.2, -0.15) is 5.21 Å². The van der Waals surface area contributed by atoms with E-state index in [0.717, 1.165) is 11.5 Å². The van der Waals surface area contributed by atoms with Crippen molar-refractivity contribution in [2.24, 2.45) is 56.7 Å². The molecule has 1 aromatic carbocycles. The molecule has 226 valence electrons. The zero-order valence-corrected chi connectivity index (χ0v) is 26.8. The maximum Gasteiger partial charge on any atom is 0.204 e. The van der Waals surface area contributed by atoms with Crippen LogP contribution in [-0.2, 0) is 0 Å². The van der Waals surface area contributed by atoms with Gasteiger partial charge in [-0.1, -0.05) is 77.1 Å². The van der Waals surface area contributed by atoms with Crippen molar-refractivity contribution in [2.45, 2.75) is 99.3 Å². The molecule has 5 heteroatoms. The van der Waals surface area contributed by atoms with Gasteiger partial charge in [0.15, 0.2) is 0 Å². The molecule has 5 aliphatic carbocycles. The fraction of sp³-hybridized carbons (Fsp3) is 0.703. The first kappa shape index (κ1) is 28.5. The highest BCUT2D eigenvalue weighted by Crippen LogP contribution is 2.77. The number of tetrazole rings is 1. The number of H-pyrrole nitrogens is 1. The lowest BCUT2D eigenvalue weighted by Crippen LogP contribution is -2.65. The average molecular weight is 569 g/mol. The first-order valence-corrected chi connectivity index (χ1v) is 16.7. The standard InChI is InChI=1S/C37H52N4O/c1-23(2)26-14-19-37(22-42)21-20-35(6)28(31(26)37)12-13-30-34(5)17-15-27(33(3,4)29(34)16-18-36(30,35)7)24-8-10-25(11-9-24)32-38-40-41-39-32/h8-11,15,26,28-31,42H,1,12-14,16-22H2,2-7H3,(H,38,39,40,41)/t26-,28+,29-,30+,31+,34-,35+,36+,37+/m0/s1. The SMILES string of the molecule is C=C(C)[C@@H]1CC[C@]2(CO)CC[C@]3(C)[C@H](CC[C@@H]4[C@@]5(C)CC=C(c6ccc(-c7nn[nH]n7)cc6)C(C)(C)[C@@H]5CC[C@]43C)[C@@H]12. The second-order valence-electron chi connectivity index (χ2n) is 16.6. The van der Waals surface area contributed by atoms with Crippen LogP contribution >= 0.6 is 0 Å².